The molecule has 1 N–H and O–H groups in total. The van der Waals surface area contributed by atoms with Crippen LogP contribution in [0.5, 0.6) is 0 Å². The largest absolute Gasteiger partial charge is 0.341 e. The summed E-state index contributed by atoms with van der Waals surface area (Å²) >= 11 is 0. The maximum atomic E-state index is 13.0. The van der Waals surface area contributed by atoms with Crippen molar-refractivity contribution in [2.75, 3.05) is 19.6 Å². The van der Waals surface area contributed by atoms with Gasteiger partial charge >= 0.3 is 6.03 Å². The monoisotopic (exact) mass is 373 g/mol. The molecular formula is C21H31N3O3. The molecule has 0 unspecified atom stereocenters. The van der Waals surface area contributed by atoms with Crippen molar-refractivity contribution in [3.8, 4) is 0 Å². The second-order valence-electron chi connectivity index (χ2n) is 8.40. The van der Waals surface area contributed by atoms with Gasteiger partial charge < -0.3 is 10.2 Å². The summed E-state index contributed by atoms with van der Waals surface area (Å²) in [5.41, 5.74) is 0.637. The van der Waals surface area contributed by atoms with Crippen LogP contribution in [0, 0.1) is 18.8 Å². The molecule has 2 rings (SSSR count). The fraction of sp³-hybridized carbons (Fsp3) is 0.571. The van der Waals surface area contributed by atoms with Crippen molar-refractivity contribution >= 4 is 17.8 Å². The van der Waals surface area contributed by atoms with Crippen LogP contribution in [0.25, 0.3) is 0 Å². The molecule has 1 atom stereocenters. The number of rotatable bonds is 7. The molecule has 1 heterocycles. The van der Waals surface area contributed by atoms with E-state index in [0.717, 1.165) is 10.5 Å². The number of benzene rings is 1. The van der Waals surface area contributed by atoms with Gasteiger partial charge in [0.2, 0.25) is 5.91 Å². The van der Waals surface area contributed by atoms with E-state index < -0.39 is 17.5 Å². The Balaban J connectivity index is 2.18. The molecule has 27 heavy (non-hydrogen) atoms. The van der Waals surface area contributed by atoms with Crippen LogP contribution in [-0.4, -0.2) is 47.3 Å². The Kier molecular flexibility index (Phi) is 6.29. The molecule has 1 aromatic rings. The molecule has 1 aliphatic rings. The van der Waals surface area contributed by atoms with Gasteiger partial charge in [0, 0.05) is 13.1 Å². The van der Waals surface area contributed by atoms with Gasteiger partial charge in [-0.15, -0.1) is 0 Å². The average Bonchev–Trinajstić information content (AvgIpc) is 2.78. The number of nitrogens with one attached hydrogen (secondary N) is 1. The Bertz CT molecular complexity index is 702. The van der Waals surface area contributed by atoms with Crippen molar-refractivity contribution in [1.29, 1.82) is 0 Å². The second kappa shape index (κ2) is 8.11. The number of aryl methyl sites for hydroxylation is 1. The minimum absolute atomic E-state index is 0.200. The van der Waals surface area contributed by atoms with Crippen molar-refractivity contribution in [2.24, 2.45) is 11.8 Å². The summed E-state index contributed by atoms with van der Waals surface area (Å²) in [4.78, 5) is 41.1. The molecule has 0 bridgehead atoms. The van der Waals surface area contributed by atoms with E-state index in [-0.39, 0.29) is 12.5 Å². The molecule has 0 aromatic heterocycles. The first kappa shape index (κ1) is 20.9. The van der Waals surface area contributed by atoms with Crippen LogP contribution in [0.4, 0.5) is 4.79 Å². The van der Waals surface area contributed by atoms with Gasteiger partial charge in [-0.3, -0.25) is 14.5 Å². The van der Waals surface area contributed by atoms with E-state index in [1.54, 1.807) is 11.8 Å². The Hall–Kier alpha value is -2.37. The van der Waals surface area contributed by atoms with Crippen LogP contribution in [0.2, 0.25) is 0 Å². The van der Waals surface area contributed by atoms with Crippen LogP contribution in [-0.2, 0) is 15.1 Å². The second-order valence-corrected chi connectivity index (χ2v) is 8.40. The van der Waals surface area contributed by atoms with Crippen LogP contribution >= 0.6 is 0 Å². The highest BCUT2D eigenvalue weighted by Crippen LogP contribution is 2.29. The highest BCUT2D eigenvalue weighted by molar-refractivity contribution is 6.09. The van der Waals surface area contributed by atoms with Crippen molar-refractivity contribution in [1.82, 2.24) is 15.1 Å². The molecule has 1 aromatic carbocycles. The molecule has 1 fully saturated rings. The highest BCUT2D eigenvalue weighted by Gasteiger charge is 2.49. The topological polar surface area (TPSA) is 69.7 Å². The van der Waals surface area contributed by atoms with Gasteiger partial charge in [0.1, 0.15) is 12.1 Å². The molecule has 0 spiro atoms. The van der Waals surface area contributed by atoms with Gasteiger partial charge in [0.05, 0.1) is 0 Å². The Morgan fingerprint density at radius 1 is 1.07 bits per heavy atom. The van der Waals surface area contributed by atoms with Gasteiger partial charge in [-0.05, 0) is 31.2 Å². The molecule has 1 aliphatic heterocycles. The van der Waals surface area contributed by atoms with E-state index in [1.165, 1.54) is 0 Å². The van der Waals surface area contributed by atoms with Gasteiger partial charge in [-0.2, -0.15) is 0 Å². The lowest BCUT2D eigenvalue weighted by Crippen LogP contribution is -2.46. The Labute approximate surface area is 161 Å². The van der Waals surface area contributed by atoms with E-state index in [4.69, 9.17) is 0 Å². The molecular weight excluding hydrogens is 342 g/mol. The van der Waals surface area contributed by atoms with Crippen LogP contribution in [0.15, 0.2) is 24.3 Å². The average molecular weight is 373 g/mol. The summed E-state index contributed by atoms with van der Waals surface area (Å²) in [6.07, 6.45) is 0. The van der Waals surface area contributed by atoms with Crippen LogP contribution < -0.4 is 5.32 Å². The predicted octanol–water partition coefficient (Wildman–Crippen LogP) is 2.90. The molecule has 0 saturated carbocycles. The molecule has 6 heteroatoms. The lowest BCUT2D eigenvalue weighted by molar-refractivity contribution is -0.139. The normalized spacial score (nSPS) is 19.8. The zero-order chi connectivity index (χ0) is 20.4. The lowest BCUT2D eigenvalue weighted by Gasteiger charge is -2.28. The summed E-state index contributed by atoms with van der Waals surface area (Å²) < 4.78 is 0. The summed E-state index contributed by atoms with van der Waals surface area (Å²) in [7, 11) is 0. The number of urea groups is 1. The van der Waals surface area contributed by atoms with Gasteiger partial charge in [-0.1, -0.05) is 57.5 Å². The van der Waals surface area contributed by atoms with Crippen molar-refractivity contribution in [2.45, 2.75) is 47.1 Å². The Morgan fingerprint density at radius 2 is 1.59 bits per heavy atom. The molecule has 1 saturated heterocycles. The van der Waals surface area contributed by atoms with Crippen molar-refractivity contribution in [3.05, 3.63) is 35.4 Å². The van der Waals surface area contributed by atoms with Crippen LogP contribution in [0.1, 0.15) is 45.7 Å². The molecule has 148 valence electrons. The first-order valence-electron chi connectivity index (χ1n) is 9.53. The molecule has 0 aliphatic carbocycles. The minimum atomic E-state index is -1.15. The third kappa shape index (κ3) is 4.67. The summed E-state index contributed by atoms with van der Waals surface area (Å²) in [5, 5.41) is 2.76. The quantitative estimate of drug-likeness (QED) is 0.747. The number of carbonyl (C=O) groups excluding carboxylic acids is 3. The van der Waals surface area contributed by atoms with Gasteiger partial charge in [0.15, 0.2) is 0 Å². The fourth-order valence-electron chi connectivity index (χ4n) is 3.32. The summed E-state index contributed by atoms with van der Waals surface area (Å²) in [6.45, 7) is 12.8. The molecule has 0 radical (unpaired) electrons. The molecule has 6 nitrogen and oxygen atoms in total. The zero-order valence-corrected chi connectivity index (χ0v) is 17.2. The summed E-state index contributed by atoms with van der Waals surface area (Å²) in [6, 6.07) is 6.96. The number of hydrogen-bond donors (Lipinski definition) is 1. The fourth-order valence-corrected chi connectivity index (χ4v) is 3.32. The van der Waals surface area contributed by atoms with Crippen molar-refractivity contribution < 1.29 is 14.4 Å². The van der Waals surface area contributed by atoms with Gasteiger partial charge in [0.25, 0.3) is 5.91 Å². The number of imide groups is 1. The van der Waals surface area contributed by atoms with Crippen molar-refractivity contribution in [3.63, 3.8) is 0 Å². The maximum absolute atomic E-state index is 13.0. The van der Waals surface area contributed by atoms with E-state index in [1.807, 2.05) is 58.9 Å². The van der Waals surface area contributed by atoms with Gasteiger partial charge in [-0.25, -0.2) is 4.79 Å². The lowest BCUT2D eigenvalue weighted by atomic mass is 9.91. The van der Waals surface area contributed by atoms with E-state index >= 15 is 0 Å². The van der Waals surface area contributed by atoms with E-state index in [2.05, 4.69) is 5.32 Å². The smallest absolute Gasteiger partial charge is 0.325 e. The number of nitrogens with zero attached hydrogens (tertiary/aromatic N) is 2. The number of amides is 4. The predicted molar refractivity (Wildman–Crippen MR) is 105 cm³/mol. The number of carbonyl (C=O) groups is 3. The minimum Gasteiger partial charge on any atom is -0.341 e. The standard InChI is InChI=1S/C21H31N3O3/c1-14(2)11-23(12-15(3)4)18(25)13-24-19(26)21(6,22-20(24)27)17-9-7-16(5)8-10-17/h7-10,14-15H,11-13H2,1-6H3,(H,22,27)/t21-/m1/s1. The third-order valence-electron chi connectivity index (χ3n) is 4.72. The van der Waals surface area contributed by atoms with Crippen LogP contribution in [0.3, 0.4) is 0 Å². The van der Waals surface area contributed by atoms with E-state index in [9.17, 15) is 14.4 Å². The summed E-state index contributed by atoms with van der Waals surface area (Å²) in [5.74, 6) is 0.0371. The third-order valence-corrected chi connectivity index (χ3v) is 4.72. The number of hydrogen-bond acceptors (Lipinski definition) is 3. The maximum Gasteiger partial charge on any atom is 0.325 e. The first-order valence-corrected chi connectivity index (χ1v) is 9.53. The SMILES string of the molecule is Cc1ccc([C@@]2(C)NC(=O)N(CC(=O)N(CC(C)C)CC(C)C)C2=O)cc1. The molecule has 4 amide bonds. The first-order chi connectivity index (χ1) is 12.5. The highest BCUT2D eigenvalue weighted by atomic mass is 16.2. The van der Waals surface area contributed by atoms with E-state index in [0.29, 0.717) is 30.5 Å². The Morgan fingerprint density at radius 3 is 2.07 bits per heavy atom. The zero-order valence-electron chi connectivity index (χ0n) is 17.2.